The van der Waals surface area contributed by atoms with E-state index in [1.807, 2.05) is 18.2 Å². The lowest BCUT2D eigenvalue weighted by atomic mass is 9.84. The first-order valence-electron chi connectivity index (χ1n) is 10.6. The van der Waals surface area contributed by atoms with Crippen LogP contribution in [0.25, 0.3) is 0 Å². The first-order chi connectivity index (χ1) is 14.8. The van der Waals surface area contributed by atoms with Crippen LogP contribution in [-0.4, -0.2) is 42.7 Å². The Bertz CT molecular complexity index is 1040. The molecule has 2 bridgehead atoms. The van der Waals surface area contributed by atoms with Crippen LogP contribution in [-0.2, 0) is 14.8 Å². The Morgan fingerprint density at radius 2 is 1.55 bits per heavy atom. The molecule has 164 valence electrons. The Morgan fingerprint density at radius 1 is 0.935 bits per heavy atom. The first kappa shape index (κ1) is 21.5. The van der Waals surface area contributed by atoms with E-state index in [1.54, 1.807) is 40.7 Å². The minimum absolute atomic E-state index is 0.0448. The van der Waals surface area contributed by atoms with E-state index in [1.165, 1.54) is 6.92 Å². The minimum atomic E-state index is -3.66. The summed E-state index contributed by atoms with van der Waals surface area (Å²) in [4.78, 5) is 24.0. The molecule has 2 aliphatic heterocycles. The molecule has 1 unspecified atom stereocenters. The second-order valence-electron chi connectivity index (χ2n) is 8.29. The zero-order valence-corrected chi connectivity index (χ0v) is 18.3. The number of fused-ring (bicyclic) bond motifs is 2. The quantitative estimate of drug-likeness (QED) is 0.745. The number of benzene rings is 2. The lowest BCUT2D eigenvalue weighted by molar-refractivity contribution is -0.114. The maximum Gasteiger partial charge on any atom is 0.251 e. The number of carbonyl (C=O) groups is 2. The summed E-state index contributed by atoms with van der Waals surface area (Å²) in [5.41, 5.74) is 1.18. The van der Waals surface area contributed by atoms with Crippen molar-refractivity contribution in [2.24, 2.45) is 0 Å². The van der Waals surface area contributed by atoms with Crippen LogP contribution >= 0.6 is 0 Å². The molecule has 2 saturated heterocycles. The number of carbonyl (C=O) groups excluding carboxylic acids is 2. The van der Waals surface area contributed by atoms with Gasteiger partial charge in [0.25, 0.3) is 5.91 Å². The van der Waals surface area contributed by atoms with Gasteiger partial charge < -0.3 is 10.6 Å². The third kappa shape index (κ3) is 4.65. The molecule has 31 heavy (non-hydrogen) atoms. The van der Waals surface area contributed by atoms with Crippen LogP contribution in [0, 0.1) is 0 Å². The van der Waals surface area contributed by atoms with E-state index in [2.05, 4.69) is 10.6 Å². The minimum Gasteiger partial charge on any atom is -0.349 e. The highest BCUT2D eigenvalue weighted by molar-refractivity contribution is 7.89. The molecule has 0 aliphatic carbocycles. The van der Waals surface area contributed by atoms with Crippen molar-refractivity contribution in [1.82, 2.24) is 9.62 Å². The normalized spacial score (nSPS) is 23.7. The Morgan fingerprint density at radius 3 is 2.13 bits per heavy atom. The first-order valence-corrected chi connectivity index (χ1v) is 12.1. The molecule has 7 nitrogen and oxygen atoms in total. The van der Waals surface area contributed by atoms with Crippen LogP contribution < -0.4 is 10.6 Å². The zero-order chi connectivity index (χ0) is 22.0. The molecule has 2 heterocycles. The van der Waals surface area contributed by atoms with E-state index in [0.29, 0.717) is 24.1 Å². The topological polar surface area (TPSA) is 95.6 Å². The van der Waals surface area contributed by atoms with Gasteiger partial charge in [-0.1, -0.05) is 24.6 Å². The third-order valence-corrected chi connectivity index (χ3v) is 8.05. The Kier molecular flexibility index (Phi) is 6.11. The van der Waals surface area contributed by atoms with Crippen LogP contribution in [0.15, 0.2) is 59.5 Å². The highest BCUT2D eigenvalue weighted by Crippen LogP contribution is 2.38. The van der Waals surface area contributed by atoms with Gasteiger partial charge in [-0.3, -0.25) is 9.59 Å². The molecular weight excluding hydrogens is 414 g/mol. The summed E-state index contributed by atoms with van der Waals surface area (Å²) in [6.45, 7) is 1.41. The van der Waals surface area contributed by atoms with Gasteiger partial charge in [0.2, 0.25) is 15.9 Å². The Hall–Kier alpha value is -2.71. The molecule has 0 saturated carbocycles. The van der Waals surface area contributed by atoms with Gasteiger partial charge in [-0.05, 0) is 62.1 Å². The van der Waals surface area contributed by atoms with E-state index >= 15 is 0 Å². The second-order valence-corrected chi connectivity index (χ2v) is 10.1. The number of amides is 2. The summed E-state index contributed by atoms with van der Waals surface area (Å²) in [6, 6.07) is 15.1. The molecule has 2 aromatic carbocycles. The second kappa shape index (κ2) is 8.80. The van der Waals surface area contributed by atoms with E-state index in [9.17, 15) is 18.0 Å². The SMILES string of the molecule is CC(=O)Nc1ccc(S(=O)(=O)N2[C@@H]3CCC[C@H]2CC(NC(=O)c2ccccc2)C3)cc1. The van der Waals surface area contributed by atoms with Gasteiger partial charge in [-0.15, -0.1) is 0 Å². The van der Waals surface area contributed by atoms with Crippen molar-refractivity contribution < 1.29 is 18.0 Å². The molecule has 0 spiro atoms. The average molecular weight is 442 g/mol. The fraction of sp³-hybridized carbons (Fsp3) is 0.391. The van der Waals surface area contributed by atoms with E-state index < -0.39 is 10.0 Å². The van der Waals surface area contributed by atoms with E-state index in [4.69, 9.17) is 0 Å². The maximum absolute atomic E-state index is 13.4. The number of hydrogen-bond acceptors (Lipinski definition) is 4. The average Bonchev–Trinajstić information content (AvgIpc) is 2.73. The third-order valence-electron chi connectivity index (χ3n) is 6.03. The van der Waals surface area contributed by atoms with Crippen LogP contribution in [0.4, 0.5) is 5.69 Å². The van der Waals surface area contributed by atoms with Gasteiger partial charge in [0.1, 0.15) is 0 Å². The molecular formula is C23H27N3O4S. The molecule has 2 aromatic rings. The highest BCUT2D eigenvalue weighted by Gasteiger charge is 2.45. The van der Waals surface area contributed by atoms with Gasteiger partial charge in [0, 0.05) is 36.3 Å². The predicted molar refractivity (Wildman–Crippen MR) is 118 cm³/mol. The fourth-order valence-electron chi connectivity index (χ4n) is 4.74. The molecule has 2 amide bonds. The number of piperidine rings is 2. The number of hydrogen-bond donors (Lipinski definition) is 2. The molecule has 0 aromatic heterocycles. The molecule has 8 heteroatoms. The van der Waals surface area contributed by atoms with Crippen molar-refractivity contribution >= 4 is 27.5 Å². The van der Waals surface area contributed by atoms with Gasteiger partial charge in [0.05, 0.1) is 4.90 Å². The van der Waals surface area contributed by atoms with Crippen molar-refractivity contribution in [1.29, 1.82) is 0 Å². The monoisotopic (exact) mass is 441 g/mol. The van der Waals surface area contributed by atoms with Gasteiger partial charge >= 0.3 is 0 Å². The van der Waals surface area contributed by atoms with Crippen molar-refractivity contribution in [3.05, 3.63) is 60.2 Å². The maximum atomic E-state index is 13.4. The van der Waals surface area contributed by atoms with Crippen molar-refractivity contribution in [2.45, 2.75) is 62.0 Å². The molecule has 2 N–H and O–H groups in total. The zero-order valence-electron chi connectivity index (χ0n) is 17.5. The molecule has 0 radical (unpaired) electrons. The summed E-state index contributed by atoms with van der Waals surface area (Å²) < 4.78 is 28.5. The van der Waals surface area contributed by atoms with Gasteiger partial charge in [0.15, 0.2) is 0 Å². The number of anilines is 1. The smallest absolute Gasteiger partial charge is 0.251 e. The van der Waals surface area contributed by atoms with Crippen LogP contribution in [0.5, 0.6) is 0 Å². The number of nitrogens with one attached hydrogen (secondary N) is 2. The van der Waals surface area contributed by atoms with E-state index in [-0.39, 0.29) is 34.8 Å². The number of sulfonamides is 1. The summed E-state index contributed by atoms with van der Waals surface area (Å²) in [6.07, 6.45) is 3.79. The molecule has 2 aliphatic rings. The fourth-order valence-corrected chi connectivity index (χ4v) is 6.63. The number of rotatable bonds is 5. The highest BCUT2D eigenvalue weighted by atomic mass is 32.2. The predicted octanol–water partition coefficient (Wildman–Crippen LogP) is 3.15. The van der Waals surface area contributed by atoms with Crippen molar-refractivity contribution in [3.63, 3.8) is 0 Å². The summed E-state index contributed by atoms with van der Waals surface area (Å²) in [5.74, 6) is -0.321. The summed E-state index contributed by atoms with van der Waals surface area (Å²) >= 11 is 0. The van der Waals surface area contributed by atoms with Crippen LogP contribution in [0.3, 0.4) is 0 Å². The molecule has 4 rings (SSSR count). The Labute approximate surface area is 182 Å². The lowest BCUT2D eigenvalue weighted by Gasteiger charge is -2.47. The molecule has 3 atom stereocenters. The van der Waals surface area contributed by atoms with Gasteiger partial charge in [-0.25, -0.2) is 8.42 Å². The number of nitrogens with zero attached hydrogens (tertiary/aromatic N) is 1. The lowest BCUT2D eigenvalue weighted by Crippen LogP contribution is -2.58. The van der Waals surface area contributed by atoms with Crippen molar-refractivity contribution in [3.8, 4) is 0 Å². The summed E-state index contributed by atoms with van der Waals surface area (Å²) in [5, 5.41) is 5.75. The van der Waals surface area contributed by atoms with Crippen LogP contribution in [0.2, 0.25) is 0 Å². The standard InChI is InChI=1S/C23H27N3O4S/c1-16(27)24-18-10-12-22(13-11-18)31(29,30)26-20-8-5-9-21(26)15-19(14-20)25-23(28)17-6-3-2-4-7-17/h2-4,6-7,10-13,19-21H,5,8-9,14-15H2,1H3,(H,24,27)(H,25,28)/t19?,20-,21+. The van der Waals surface area contributed by atoms with Crippen LogP contribution in [0.1, 0.15) is 49.4 Å². The summed E-state index contributed by atoms with van der Waals surface area (Å²) in [7, 11) is -3.66. The largest absolute Gasteiger partial charge is 0.349 e. The van der Waals surface area contributed by atoms with Gasteiger partial charge in [-0.2, -0.15) is 4.31 Å². The molecule has 2 fully saturated rings. The Balaban J connectivity index is 1.50. The van der Waals surface area contributed by atoms with Crippen molar-refractivity contribution in [2.75, 3.05) is 5.32 Å². The van der Waals surface area contributed by atoms with E-state index in [0.717, 1.165) is 19.3 Å².